The van der Waals surface area contributed by atoms with Crippen molar-refractivity contribution in [2.45, 2.75) is 58.3 Å². The van der Waals surface area contributed by atoms with Gasteiger partial charge in [0.15, 0.2) is 0 Å². The Bertz CT molecular complexity index is 391. The molecule has 122 valence electrons. The molecule has 0 heterocycles. The van der Waals surface area contributed by atoms with Gasteiger partial charge >= 0.3 is 7.82 Å². The molecule has 0 aliphatic carbocycles. The van der Waals surface area contributed by atoms with Gasteiger partial charge in [-0.25, -0.2) is 4.57 Å². The van der Waals surface area contributed by atoms with Crippen molar-refractivity contribution in [1.82, 2.24) is 0 Å². The van der Waals surface area contributed by atoms with E-state index in [2.05, 4.69) is 6.92 Å². The van der Waals surface area contributed by atoms with Gasteiger partial charge in [0.05, 0.1) is 0 Å². The van der Waals surface area contributed by atoms with Crippen molar-refractivity contribution in [3.63, 3.8) is 0 Å². The van der Waals surface area contributed by atoms with Gasteiger partial charge in [-0.3, -0.25) is 0 Å². The van der Waals surface area contributed by atoms with Crippen molar-refractivity contribution in [1.29, 1.82) is 0 Å². The fraction of sp³-hybridized carbons (Fsp3) is 0.600. The molecule has 0 saturated carbocycles. The van der Waals surface area contributed by atoms with Gasteiger partial charge in [-0.05, 0) is 30.5 Å². The normalized spacial score (nSPS) is 10.9. The molecule has 1 aromatic rings. The summed E-state index contributed by atoms with van der Waals surface area (Å²) in [6.07, 6.45) is 10.6. The Kier molecular flexibility index (Phi) is 11.3. The number of phosphoric acid groups is 1. The molecule has 0 spiro atoms. The highest BCUT2D eigenvalue weighted by atomic mass is 31.2. The average molecular weight is 318 g/mol. The third-order valence-electron chi connectivity index (χ3n) is 3.01. The van der Waals surface area contributed by atoms with E-state index in [1.165, 1.54) is 50.5 Å². The van der Waals surface area contributed by atoms with Crippen LogP contribution < -0.4 is 0 Å². The number of phenols is 1. The maximum Gasteiger partial charge on any atom is 0.466 e. The van der Waals surface area contributed by atoms with E-state index in [-0.39, 0.29) is 0 Å². The van der Waals surface area contributed by atoms with E-state index >= 15 is 0 Å². The summed E-state index contributed by atoms with van der Waals surface area (Å²) in [5, 5.41) is 9.15. The van der Waals surface area contributed by atoms with Gasteiger partial charge in [-0.2, -0.15) is 0 Å². The fourth-order valence-electron chi connectivity index (χ4n) is 1.95. The van der Waals surface area contributed by atoms with Gasteiger partial charge in [0, 0.05) is 0 Å². The second-order valence-corrected chi connectivity index (χ2v) is 6.08. The second kappa shape index (κ2) is 11.8. The quantitative estimate of drug-likeness (QED) is 0.432. The van der Waals surface area contributed by atoms with Gasteiger partial charge in [0.1, 0.15) is 5.75 Å². The first-order valence-electron chi connectivity index (χ1n) is 7.39. The Morgan fingerprint density at radius 1 is 0.857 bits per heavy atom. The van der Waals surface area contributed by atoms with Gasteiger partial charge < -0.3 is 19.8 Å². The Labute approximate surface area is 126 Å². The minimum Gasteiger partial charge on any atom is -0.508 e. The maximum atomic E-state index is 9.15. The fourth-order valence-corrected chi connectivity index (χ4v) is 1.95. The zero-order chi connectivity index (χ0) is 16.1. The van der Waals surface area contributed by atoms with Crippen molar-refractivity contribution < 1.29 is 24.4 Å². The number of unbranched alkanes of at least 4 members (excludes halogenated alkanes) is 6. The number of phenolic OH excluding ortho intramolecular Hbond substituents is 1. The number of rotatable bonds is 8. The van der Waals surface area contributed by atoms with Crippen LogP contribution in [0.4, 0.5) is 0 Å². The van der Waals surface area contributed by atoms with Crippen LogP contribution in [0.5, 0.6) is 5.75 Å². The highest BCUT2D eigenvalue weighted by molar-refractivity contribution is 7.45. The van der Waals surface area contributed by atoms with Crippen LogP contribution in [0.25, 0.3) is 0 Å². The lowest BCUT2D eigenvalue weighted by Gasteiger charge is -2.02. The maximum absolute atomic E-state index is 9.15. The number of aromatic hydroxyl groups is 1. The lowest BCUT2D eigenvalue weighted by atomic mass is 10.0. The molecule has 1 aromatic carbocycles. The Morgan fingerprint density at radius 3 is 1.76 bits per heavy atom. The predicted octanol–water partition coefficient (Wildman–Crippen LogP) is 3.76. The molecular formula is C15H27O5P. The zero-order valence-corrected chi connectivity index (χ0v) is 13.5. The van der Waals surface area contributed by atoms with E-state index in [1.54, 1.807) is 12.1 Å². The third kappa shape index (κ3) is 17.1. The molecule has 0 radical (unpaired) electrons. The van der Waals surface area contributed by atoms with Crippen LogP contribution in [-0.2, 0) is 11.0 Å². The Balaban J connectivity index is 0.000000690. The van der Waals surface area contributed by atoms with E-state index < -0.39 is 7.82 Å². The smallest absolute Gasteiger partial charge is 0.466 e. The van der Waals surface area contributed by atoms with Crippen LogP contribution in [0.3, 0.4) is 0 Å². The largest absolute Gasteiger partial charge is 0.508 e. The molecule has 0 aliphatic heterocycles. The van der Waals surface area contributed by atoms with Crippen LogP contribution >= 0.6 is 7.82 Å². The molecule has 0 bridgehead atoms. The lowest BCUT2D eigenvalue weighted by molar-refractivity contribution is 0.275. The molecule has 5 nitrogen and oxygen atoms in total. The Morgan fingerprint density at radius 2 is 1.29 bits per heavy atom. The van der Waals surface area contributed by atoms with Crippen LogP contribution in [0.2, 0.25) is 0 Å². The molecule has 0 atom stereocenters. The van der Waals surface area contributed by atoms with Crippen LogP contribution in [-0.4, -0.2) is 19.8 Å². The summed E-state index contributed by atoms with van der Waals surface area (Å²) in [6, 6.07) is 7.59. The predicted molar refractivity (Wildman–Crippen MR) is 84.1 cm³/mol. The standard InChI is InChI=1S/C15H24O.H3O4P/c1-2-3-4-5-6-7-8-9-14-10-12-15(16)13-11-14;1-5(2,3)4/h10-13,16H,2-9H2,1H3;(H3,1,2,3,4). The number of hydrogen-bond donors (Lipinski definition) is 4. The molecule has 0 amide bonds. The summed E-state index contributed by atoms with van der Waals surface area (Å²) in [5.74, 6) is 0.364. The van der Waals surface area contributed by atoms with Crippen molar-refractivity contribution in [3.8, 4) is 5.75 Å². The number of benzene rings is 1. The van der Waals surface area contributed by atoms with Gasteiger partial charge in [-0.1, -0.05) is 57.6 Å². The summed E-state index contributed by atoms with van der Waals surface area (Å²) in [7, 11) is -4.64. The van der Waals surface area contributed by atoms with Crippen molar-refractivity contribution in [2.75, 3.05) is 0 Å². The summed E-state index contributed by atoms with van der Waals surface area (Å²) < 4.78 is 8.88. The van der Waals surface area contributed by atoms with Gasteiger partial charge in [0.2, 0.25) is 0 Å². The van der Waals surface area contributed by atoms with E-state index in [0.29, 0.717) is 5.75 Å². The monoisotopic (exact) mass is 318 g/mol. The first kappa shape index (κ1) is 20.1. The number of aryl methyl sites for hydroxylation is 1. The molecular weight excluding hydrogens is 291 g/mol. The van der Waals surface area contributed by atoms with Crippen LogP contribution in [0.15, 0.2) is 24.3 Å². The molecule has 0 fully saturated rings. The van der Waals surface area contributed by atoms with E-state index in [0.717, 1.165) is 6.42 Å². The molecule has 1 rings (SSSR count). The van der Waals surface area contributed by atoms with Gasteiger partial charge in [-0.15, -0.1) is 0 Å². The highest BCUT2D eigenvalue weighted by Crippen LogP contribution is 2.25. The second-order valence-electron chi connectivity index (χ2n) is 5.05. The van der Waals surface area contributed by atoms with E-state index in [4.69, 9.17) is 24.4 Å². The SMILES string of the molecule is CCCCCCCCCc1ccc(O)cc1.O=P(O)(O)O. The van der Waals surface area contributed by atoms with Crippen LogP contribution in [0.1, 0.15) is 57.4 Å². The summed E-state index contributed by atoms with van der Waals surface area (Å²) in [5.41, 5.74) is 1.34. The topological polar surface area (TPSA) is 98.0 Å². The lowest BCUT2D eigenvalue weighted by Crippen LogP contribution is -1.85. The number of hydrogen-bond acceptors (Lipinski definition) is 2. The first-order valence-corrected chi connectivity index (χ1v) is 8.95. The summed E-state index contributed by atoms with van der Waals surface area (Å²) in [6.45, 7) is 2.25. The van der Waals surface area contributed by atoms with E-state index in [1.807, 2.05) is 12.1 Å². The molecule has 0 aliphatic rings. The van der Waals surface area contributed by atoms with Gasteiger partial charge in [0.25, 0.3) is 0 Å². The van der Waals surface area contributed by atoms with E-state index in [9.17, 15) is 0 Å². The molecule has 6 heteroatoms. The minimum absolute atomic E-state index is 0.364. The average Bonchev–Trinajstić information content (AvgIpc) is 2.38. The van der Waals surface area contributed by atoms with Crippen molar-refractivity contribution in [3.05, 3.63) is 29.8 Å². The first-order chi connectivity index (χ1) is 9.83. The minimum atomic E-state index is -4.64. The molecule has 0 saturated heterocycles. The highest BCUT2D eigenvalue weighted by Gasteiger charge is 2.00. The van der Waals surface area contributed by atoms with Crippen molar-refractivity contribution >= 4 is 7.82 Å². The summed E-state index contributed by atoms with van der Waals surface area (Å²) in [4.78, 5) is 21.6. The molecule has 21 heavy (non-hydrogen) atoms. The Hall–Kier alpha value is -0.870. The zero-order valence-electron chi connectivity index (χ0n) is 12.6. The molecule has 0 unspecified atom stereocenters. The van der Waals surface area contributed by atoms with Crippen molar-refractivity contribution in [2.24, 2.45) is 0 Å². The summed E-state index contributed by atoms with van der Waals surface area (Å²) >= 11 is 0. The molecule has 0 aromatic heterocycles. The third-order valence-corrected chi connectivity index (χ3v) is 3.01. The van der Waals surface area contributed by atoms with Crippen LogP contribution in [0, 0.1) is 0 Å². The molecule has 4 N–H and O–H groups in total.